The molecule has 0 saturated heterocycles. The van der Waals surface area contributed by atoms with Gasteiger partial charge in [-0.05, 0) is 43.9 Å². The van der Waals surface area contributed by atoms with Crippen LogP contribution in [0.4, 0.5) is 5.69 Å². The molecule has 2 N–H and O–H groups in total. The Morgan fingerprint density at radius 2 is 1.85 bits per heavy atom. The Balaban J connectivity index is 3.23. The lowest BCUT2D eigenvalue weighted by molar-refractivity contribution is 0.337. The summed E-state index contributed by atoms with van der Waals surface area (Å²) in [7, 11) is -1.99. The van der Waals surface area contributed by atoms with Gasteiger partial charge in [0.15, 0.2) is 0 Å². The van der Waals surface area contributed by atoms with Crippen LogP contribution in [0.3, 0.4) is 0 Å². The summed E-state index contributed by atoms with van der Waals surface area (Å²) >= 11 is 5.93. The average Bonchev–Trinajstić information content (AvgIpc) is 2.31. The monoisotopic (exact) mass is 318 g/mol. The van der Waals surface area contributed by atoms with Crippen LogP contribution in [0, 0.1) is 12.8 Å². The third-order valence-electron chi connectivity index (χ3n) is 3.46. The van der Waals surface area contributed by atoms with Crippen LogP contribution in [0.15, 0.2) is 17.0 Å². The van der Waals surface area contributed by atoms with Crippen molar-refractivity contribution in [3.05, 3.63) is 22.7 Å². The second-order valence-corrected chi connectivity index (χ2v) is 8.02. The Bertz CT molecular complexity index is 585. The number of anilines is 1. The van der Waals surface area contributed by atoms with Crippen molar-refractivity contribution in [2.75, 3.05) is 12.8 Å². The first kappa shape index (κ1) is 17.3. The molecule has 0 amide bonds. The van der Waals surface area contributed by atoms with E-state index in [0.717, 1.165) is 6.42 Å². The summed E-state index contributed by atoms with van der Waals surface area (Å²) in [6, 6.07) is 2.94. The Kier molecular flexibility index (Phi) is 5.46. The lowest BCUT2D eigenvalue weighted by Crippen LogP contribution is -2.36. The molecule has 1 aromatic carbocycles. The van der Waals surface area contributed by atoms with E-state index >= 15 is 0 Å². The maximum absolute atomic E-state index is 12.7. The molecule has 0 aliphatic carbocycles. The summed E-state index contributed by atoms with van der Waals surface area (Å²) in [5.74, 6) is 0.424. The van der Waals surface area contributed by atoms with Crippen molar-refractivity contribution < 1.29 is 8.42 Å². The van der Waals surface area contributed by atoms with Crippen molar-refractivity contribution in [1.82, 2.24) is 4.31 Å². The zero-order valence-electron chi connectivity index (χ0n) is 12.6. The molecule has 0 spiro atoms. The van der Waals surface area contributed by atoms with Gasteiger partial charge < -0.3 is 5.73 Å². The molecular formula is C14H23ClN2O2S. The second-order valence-electron chi connectivity index (χ2n) is 5.62. The summed E-state index contributed by atoms with van der Waals surface area (Å²) in [5, 5.41) is 0.330. The first-order valence-corrected chi connectivity index (χ1v) is 8.42. The Hall–Kier alpha value is -0.780. The van der Waals surface area contributed by atoms with Gasteiger partial charge in [0.1, 0.15) is 0 Å². The summed E-state index contributed by atoms with van der Waals surface area (Å²) < 4.78 is 26.8. The molecule has 0 aromatic heterocycles. The van der Waals surface area contributed by atoms with Gasteiger partial charge in [0.2, 0.25) is 10.0 Å². The summed E-state index contributed by atoms with van der Waals surface area (Å²) in [4.78, 5) is 0.181. The molecule has 0 radical (unpaired) electrons. The van der Waals surface area contributed by atoms with Crippen LogP contribution in [-0.4, -0.2) is 25.8 Å². The number of rotatable bonds is 5. The highest BCUT2D eigenvalue weighted by Gasteiger charge is 2.28. The van der Waals surface area contributed by atoms with E-state index in [0.29, 0.717) is 22.2 Å². The van der Waals surface area contributed by atoms with Crippen LogP contribution < -0.4 is 5.73 Å². The Morgan fingerprint density at radius 3 is 2.35 bits per heavy atom. The van der Waals surface area contributed by atoms with Crippen molar-refractivity contribution in [1.29, 1.82) is 0 Å². The number of nitrogens with zero attached hydrogens (tertiary/aromatic N) is 1. The van der Waals surface area contributed by atoms with Gasteiger partial charge in [-0.2, -0.15) is 4.31 Å². The number of halogens is 1. The molecule has 114 valence electrons. The normalized spacial score (nSPS) is 14.0. The van der Waals surface area contributed by atoms with E-state index < -0.39 is 10.0 Å². The molecule has 0 saturated carbocycles. The first-order chi connectivity index (χ1) is 9.07. The van der Waals surface area contributed by atoms with Crippen LogP contribution in [-0.2, 0) is 10.0 Å². The van der Waals surface area contributed by atoms with Gasteiger partial charge in [-0.15, -0.1) is 0 Å². The molecule has 0 heterocycles. The number of nitrogen functional groups attached to an aromatic ring is 1. The minimum absolute atomic E-state index is 0.0837. The highest BCUT2D eigenvalue weighted by molar-refractivity contribution is 7.89. The lowest BCUT2D eigenvalue weighted by atomic mass is 10.1. The van der Waals surface area contributed by atoms with Gasteiger partial charge in [-0.1, -0.05) is 25.4 Å². The zero-order valence-corrected chi connectivity index (χ0v) is 14.2. The number of nitrogens with two attached hydrogens (primary N) is 1. The fraction of sp³-hybridized carbons (Fsp3) is 0.571. The zero-order chi connectivity index (χ0) is 15.7. The second kappa shape index (κ2) is 6.33. The van der Waals surface area contributed by atoms with E-state index in [2.05, 4.69) is 13.8 Å². The minimum Gasteiger partial charge on any atom is -0.398 e. The third kappa shape index (κ3) is 3.65. The molecule has 0 fully saturated rings. The highest BCUT2D eigenvalue weighted by atomic mass is 35.5. The van der Waals surface area contributed by atoms with Crippen LogP contribution in [0.25, 0.3) is 0 Å². The van der Waals surface area contributed by atoms with Crippen molar-refractivity contribution in [2.24, 2.45) is 5.92 Å². The van der Waals surface area contributed by atoms with E-state index in [9.17, 15) is 8.42 Å². The summed E-state index contributed by atoms with van der Waals surface area (Å²) in [6.07, 6.45) is 0.796. The molecular weight excluding hydrogens is 296 g/mol. The molecule has 1 unspecified atom stereocenters. The fourth-order valence-corrected chi connectivity index (χ4v) is 4.11. The number of hydrogen-bond acceptors (Lipinski definition) is 3. The quantitative estimate of drug-likeness (QED) is 0.847. The topological polar surface area (TPSA) is 63.4 Å². The van der Waals surface area contributed by atoms with Crippen molar-refractivity contribution >= 4 is 27.3 Å². The fourth-order valence-electron chi connectivity index (χ4n) is 2.16. The highest BCUT2D eigenvalue weighted by Crippen LogP contribution is 2.29. The smallest absolute Gasteiger partial charge is 0.243 e. The van der Waals surface area contributed by atoms with Crippen molar-refractivity contribution in [2.45, 2.75) is 45.1 Å². The largest absolute Gasteiger partial charge is 0.398 e. The number of benzene rings is 1. The molecule has 1 atom stereocenters. The standard InChI is InChI=1S/C14H23ClN2O2S/c1-9(2)6-10(3)17(5)20(18,19)14-8-12(15)7-13(16)11(14)4/h7-10H,6,16H2,1-5H3. The summed E-state index contributed by atoms with van der Waals surface area (Å²) in [6.45, 7) is 7.74. The molecule has 4 nitrogen and oxygen atoms in total. The van der Waals surface area contributed by atoms with Crippen LogP contribution in [0.5, 0.6) is 0 Å². The minimum atomic E-state index is -3.59. The van der Waals surface area contributed by atoms with Crippen LogP contribution >= 0.6 is 11.6 Å². The van der Waals surface area contributed by atoms with Crippen LogP contribution in [0.2, 0.25) is 5.02 Å². The van der Waals surface area contributed by atoms with Crippen LogP contribution in [0.1, 0.15) is 32.8 Å². The van der Waals surface area contributed by atoms with E-state index in [1.54, 1.807) is 20.0 Å². The van der Waals surface area contributed by atoms with Gasteiger partial charge in [-0.3, -0.25) is 0 Å². The first-order valence-electron chi connectivity index (χ1n) is 6.61. The predicted octanol–water partition coefficient (Wildman–Crippen LogP) is 3.29. The van der Waals surface area contributed by atoms with Crippen molar-refractivity contribution in [3.63, 3.8) is 0 Å². The Labute approximate surface area is 127 Å². The molecule has 1 rings (SSSR count). The summed E-state index contributed by atoms with van der Waals surface area (Å²) in [5.41, 5.74) is 6.74. The predicted molar refractivity (Wildman–Crippen MR) is 84.5 cm³/mol. The van der Waals surface area contributed by atoms with Gasteiger partial charge in [0, 0.05) is 23.8 Å². The SMILES string of the molecule is Cc1c(N)cc(Cl)cc1S(=O)(=O)N(C)C(C)CC(C)C. The average molecular weight is 319 g/mol. The molecule has 6 heteroatoms. The number of hydrogen-bond donors (Lipinski definition) is 1. The van der Waals surface area contributed by atoms with Crippen molar-refractivity contribution in [3.8, 4) is 0 Å². The molecule has 0 bridgehead atoms. The van der Waals surface area contributed by atoms with E-state index in [4.69, 9.17) is 17.3 Å². The van der Waals surface area contributed by atoms with Gasteiger partial charge >= 0.3 is 0 Å². The number of sulfonamides is 1. The maximum atomic E-state index is 12.7. The van der Waals surface area contributed by atoms with Gasteiger partial charge in [0.25, 0.3) is 0 Å². The van der Waals surface area contributed by atoms with E-state index in [1.165, 1.54) is 10.4 Å². The van der Waals surface area contributed by atoms with E-state index in [1.807, 2.05) is 6.92 Å². The third-order valence-corrected chi connectivity index (χ3v) is 5.77. The molecule has 0 aliphatic heterocycles. The lowest BCUT2D eigenvalue weighted by Gasteiger charge is -2.26. The maximum Gasteiger partial charge on any atom is 0.243 e. The molecule has 20 heavy (non-hydrogen) atoms. The van der Waals surface area contributed by atoms with Gasteiger partial charge in [0.05, 0.1) is 4.90 Å². The van der Waals surface area contributed by atoms with Gasteiger partial charge in [-0.25, -0.2) is 8.42 Å². The molecule has 0 aliphatic rings. The molecule has 1 aromatic rings. The Morgan fingerprint density at radius 1 is 1.30 bits per heavy atom. The van der Waals surface area contributed by atoms with E-state index in [-0.39, 0.29) is 10.9 Å².